The van der Waals surface area contributed by atoms with Crippen molar-refractivity contribution in [2.75, 3.05) is 13.1 Å². The summed E-state index contributed by atoms with van der Waals surface area (Å²) in [5.41, 5.74) is 0. The van der Waals surface area contributed by atoms with Gasteiger partial charge in [0, 0.05) is 0 Å². The average molecular weight is 115 g/mol. The number of hydrogen-bond acceptors (Lipinski definition) is 2. The molecular weight excluding hydrogens is 102 g/mol. The topological polar surface area (TPSA) is 32.3 Å². The van der Waals surface area contributed by atoms with Crippen molar-refractivity contribution < 1.29 is 5.11 Å². The Balaban J connectivity index is 2.17. The van der Waals surface area contributed by atoms with E-state index in [1.54, 1.807) is 0 Å². The predicted octanol–water partition coefficient (Wildman–Crippen LogP) is 0.121. The van der Waals surface area contributed by atoms with Crippen LogP contribution in [0.15, 0.2) is 0 Å². The molecule has 2 heteroatoms. The molecule has 0 aromatic rings. The van der Waals surface area contributed by atoms with Gasteiger partial charge in [-0.15, -0.1) is 0 Å². The van der Waals surface area contributed by atoms with E-state index < -0.39 is 0 Å². The third kappa shape index (κ3) is 1.80. The van der Waals surface area contributed by atoms with Crippen LogP contribution < -0.4 is 5.32 Å². The highest BCUT2D eigenvalue weighted by molar-refractivity contribution is 4.63. The van der Waals surface area contributed by atoms with E-state index in [4.69, 9.17) is 5.11 Å². The molecule has 0 aliphatic carbocycles. The van der Waals surface area contributed by atoms with Crippen LogP contribution >= 0.6 is 0 Å². The van der Waals surface area contributed by atoms with Crippen molar-refractivity contribution in [3.63, 3.8) is 0 Å². The summed E-state index contributed by atoms with van der Waals surface area (Å²) in [7, 11) is 0. The molecule has 0 aromatic carbocycles. The second kappa shape index (κ2) is 3.05. The largest absolute Gasteiger partial charge is 0.393 e. The Morgan fingerprint density at radius 1 is 1.25 bits per heavy atom. The van der Waals surface area contributed by atoms with E-state index >= 15 is 0 Å². The number of aliphatic hydroxyl groups is 1. The lowest BCUT2D eigenvalue weighted by molar-refractivity contribution is 0.161. The molecule has 1 atom stereocenters. The van der Waals surface area contributed by atoms with Crippen molar-refractivity contribution in [1.82, 2.24) is 5.32 Å². The van der Waals surface area contributed by atoms with Gasteiger partial charge in [0.1, 0.15) is 0 Å². The fraction of sp³-hybridized carbons (Fsp3) is 1.00. The highest BCUT2D eigenvalue weighted by Gasteiger charge is 2.05. The zero-order valence-corrected chi connectivity index (χ0v) is 5.06. The van der Waals surface area contributed by atoms with Gasteiger partial charge in [-0.1, -0.05) is 0 Å². The second-order valence-electron chi connectivity index (χ2n) is 2.33. The van der Waals surface area contributed by atoms with Gasteiger partial charge in [-0.05, 0) is 32.4 Å². The Labute approximate surface area is 49.9 Å². The van der Waals surface area contributed by atoms with Crippen LogP contribution in [0.3, 0.4) is 0 Å². The van der Waals surface area contributed by atoms with Gasteiger partial charge in [-0.3, -0.25) is 0 Å². The SMILES string of the molecule is O[C@H]1CCCNCC1. The molecule has 0 unspecified atom stereocenters. The first-order valence-electron chi connectivity index (χ1n) is 3.28. The molecule has 1 rings (SSSR count). The minimum Gasteiger partial charge on any atom is -0.393 e. The molecule has 1 saturated heterocycles. The first-order chi connectivity index (χ1) is 3.89. The van der Waals surface area contributed by atoms with Crippen molar-refractivity contribution in [1.29, 1.82) is 0 Å². The quantitative estimate of drug-likeness (QED) is 0.470. The lowest BCUT2D eigenvalue weighted by atomic mass is 10.2. The number of nitrogens with one attached hydrogen (secondary N) is 1. The van der Waals surface area contributed by atoms with Crippen LogP contribution in [0.25, 0.3) is 0 Å². The van der Waals surface area contributed by atoms with E-state index in [0.29, 0.717) is 0 Å². The Kier molecular flexibility index (Phi) is 2.30. The highest BCUT2D eigenvalue weighted by atomic mass is 16.3. The van der Waals surface area contributed by atoms with Gasteiger partial charge in [-0.2, -0.15) is 0 Å². The zero-order chi connectivity index (χ0) is 5.82. The van der Waals surface area contributed by atoms with Gasteiger partial charge in [0.15, 0.2) is 0 Å². The minimum atomic E-state index is -0.0370. The number of rotatable bonds is 0. The molecule has 1 heterocycles. The summed E-state index contributed by atoms with van der Waals surface area (Å²) < 4.78 is 0. The normalized spacial score (nSPS) is 31.9. The maximum absolute atomic E-state index is 9.05. The molecule has 2 N–H and O–H groups in total. The van der Waals surface area contributed by atoms with E-state index in [2.05, 4.69) is 5.32 Å². The predicted molar refractivity (Wildman–Crippen MR) is 32.7 cm³/mol. The lowest BCUT2D eigenvalue weighted by Crippen LogP contribution is -2.14. The maximum atomic E-state index is 9.05. The van der Waals surface area contributed by atoms with Crippen molar-refractivity contribution in [3.05, 3.63) is 0 Å². The van der Waals surface area contributed by atoms with E-state index in [0.717, 1.165) is 32.4 Å². The standard InChI is InChI=1S/C6H13NO/c8-6-2-1-4-7-5-3-6/h6-8H,1-5H2/t6-/m0/s1. The molecule has 48 valence electrons. The van der Waals surface area contributed by atoms with Crippen LogP contribution in [-0.2, 0) is 0 Å². The molecule has 0 saturated carbocycles. The van der Waals surface area contributed by atoms with Gasteiger partial charge < -0.3 is 10.4 Å². The Bertz CT molecular complexity index is 57.5. The summed E-state index contributed by atoms with van der Waals surface area (Å²) in [5.74, 6) is 0. The van der Waals surface area contributed by atoms with Gasteiger partial charge in [0.25, 0.3) is 0 Å². The zero-order valence-electron chi connectivity index (χ0n) is 5.06. The van der Waals surface area contributed by atoms with Crippen molar-refractivity contribution in [3.8, 4) is 0 Å². The van der Waals surface area contributed by atoms with Crippen LogP contribution in [0.5, 0.6) is 0 Å². The Morgan fingerprint density at radius 2 is 2.12 bits per heavy atom. The van der Waals surface area contributed by atoms with Gasteiger partial charge in [-0.25, -0.2) is 0 Å². The Hall–Kier alpha value is -0.0800. The monoisotopic (exact) mass is 115 g/mol. The smallest absolute Gasteiger partial charge is 0.0552 e. The molecular formula is C6H13NO. The molecule has 0 spiro atoms. The Morgan fingerprint density at radius 3 is 3.00 bits per heavy atom. The van der Waals surface area contributed by atoms with Crippen LogP contribution in [0.1, 0.15) is 19.3 Å². The molecule has 0 bridgehead atoms. The molecule has 0 amide bonds. The van der Waals surface area contributed by atoms with Gasteiger partial charge >= 0.3 is 0 Å². The van der Waals surface area contributed by atoms with Crippen molar-refractivity contribution in [2.45, 2.75) is 25.4 Å². The van der Waals surface area contributed by atoms with Crippen LogP contribution in [0.4, 0.5) is 0 Å². The van der Waals surface area contributed by atoms with Gasteiger partial charge in [0.2, 0.25) is 0 Å². The first-order valence-corrected chi connectivity index (χ1v) is 3.28. The number of hydrogen-bond donors (Lipinski definition) is 2. The van der Waals surface area contributed by atoms with Gasteiger partial charge in [0.05, 0.1) is 6.10 Å². The lowest BCUT2D eigenvalue weighted by Gasteiger charge is -2.01. The molecule has 1 fully saturated rings. The fourth-order valence-corrected chi connectivity index (χ4v) is 1.00. The third-order valence-electron chi connectivity index (χ3n) is 1.55. The van der Waals surface area contributed by atoms with E-state index in [1.165, 1.54) is 0 Å². The average Bonchev–Trinajstić information content (AvgIpc) is 1.94. The van der Waals surface area contributed by atoms with Crippen LogP contribution in [-0.4, -0.2) is 24.3 Å². The highest BCUT2D eigenvalue weighted by Crippen LogP contribution is 2.02. The van der Waals surface area contributed by atoms with E-state index in [9.17, 15) is 0 Å². The first kappa shape index (κ1) is 6.05. The van der Waals surface area contributed by atoms with Crippen LogP contribution in [0, 0.1) is 0 Å². The van der Waals surface area contributed by atoms with E-state index in [-0.39, 0.29) is 6.10 Å². The summed E-state index contributed by atoms with van der Waals surface area (Å²) >= 11 is 0. The minimum absolute atomic E-state index is 0.0370. The molecule has 8 heavy (non-hydrogen) atoms. The van der Waals surface area contributed by atoms with Crippen molar-refractivity contribution >= 4 is 0 Å². The van der Waals surface area contributed by atoms with Crippen molar-refractivity contribution in [2.24, 2.45) is 0 Å². The molecule has 0 radical (unpaired) electrons. The summed E-state index contributed by atoms with van der Waals surface area (Å²) in [6.07, 6.45) is 3.00. The number of aliphatic hydroxyl groups excluding tert-OH is 1. The molecule has 1 aliphatic heterocycles. The third-order valence-corrected chi connectivity index (χ3v) is 1.55. The van der Waals surface area contributed by atoms with Crippen LogP contribution in [0.2, 0.25) is 0 Å². The summed E-state index contributed by atoms with van der Waals surface area (Å²) in [4.78, 5) is 0. The molecule has 1 aliphatic rings. The molecule has 0 aromatic heterocycles. The summed E-state index contributed by atoms with van der Waals surface area (Å²) in [6.45, 7) is 2.07. The van der Waals surface area contributed by atoms with E-state index in [1.807, 2.05) is 0 Å². The summed E-state index contributed by atoms with van der Waals surface area (Å²) in [6, 6.07) is 0. The molecule has 2 nitrogen and oxygen atoms in total. The maximum Gasteiger partial charge on any atom is 0.0552 e. The second-order valence-corrected chi connectivity index (χ2v) is 2.33. The fourth-order valence-electron chi connectivity index (χ4n) is 1.00. The summed E-state index contributed by atoms with van der Waals surface area (Å²) in [5, 5.41) is 12.3.